The van der Waals surface area contributed by atoms with E-state index >= 15 is 0 Å². The monoisotopic (exact) mass is 377 g/mol. The smallest absolute Gasteiger partial charge is 0.226 e. The van der Waals surface area contributed by atoms with Crippen molar-refractivity contribution in [3.05, 3.63) is 90.4 Å². The van der Waals surface area contributed by atoms with Gasteiger partial charge in [-0.1, -0.05) is 49.1 Å². The van der Waals surface area contributed by atoms with Gasteiger partial charge in [-0.05, 0) is 36.8 Å². The number of aliphatic hydroxyl groups is 1. The molecule has 0 bridgehead atoms. The highest BCUT2D eigenvalue weighted by Gasteiger charge is 2.14. The Morgan fingerprint density at radius 2 is 1.96 bits per heavy atom. The first-order valence-electron chi connectivity index (χ1n) is 8.92. The normalized spacial score (nSPS) is 12.1. The molecule has 0 radical (unpaired) electrons. The van der Waals surface area contributed by atoms with E-state index in [4.69, 9.17) is 13.9 Å². The van der Waals surface area contributed by atoms with E-state index in [-0.39, 0.29) is 6.61 Å². The molecular weight excluding hydrogens is 354 g/mol. The zero-order valence-electron chi connectivity index (χ0n) is 16.0. The molecule has 5 heteroatoms. The third-order valence-corrected chi connectivity index (χ3v) is 4.24. The highest BCUT2D eigenvalue weighted by atomic mass is 16.5. The SMILES string of the molecule is C=C/C=C/C(O)c1ccc(OCc2nc(-c3ccccc3)oc2C)c(OC)c1. The van der Waals surface area contributed by atoms with Crippen LogP contribution < -0.4 is 9.47 Å². The van der Waals surface area contributed by atoms with Crippen LogP contribution in [0.15, 0.2) is 77.8 Å². The molecule has 0 aliphatic heterocycles. The van der Waals surface area contributed by atoms with E-state index in [1.165, 1.54) is 0 Å². The van der Waals surface area contributed by atoms with Crippen molar-refractivity contribution in [3.8, 4) is 23.0 Å². The fourth-order valence-corrected chi connectivity index (χ4v) is 2.69. The van der Waals surface area contributed by atoms with Gasteiger partial charge in [-0.15, -0.1) is 0 Å². The quantitative estimate of drug-likeness (QED) is 0.559. The van der Waals surface area contributed by atoms with E-state index < -0.39 is 6.10 Å². The van der Waals surface area contributed by atoms with Crippen LogP contribution in [0, 0.1) is 6.92 Å². The number of ether oxygens (including phenoxy) is 2. The summed E-state index contributed by atoms with van der Waals surface area (Å²) in [6.45, 7) is 5.71. The molecule has 0 fully saturated rings. The van der Waals surface area contributed by atoms with Crippen LogP contribution in [-0.4, -0.2) is 17.2 Å². The van der Waals surface area contributed by atoms with Crippen molar-refractivity contribution in [1.29, 1.82) is 0 Å². The van der Waals surface area contributed by atoms with Gasteiger partial charge >= 0.3 is 0 Å². The predicted molar refractivity (Wildman–Crippen MR) is 108 cm³/mol. The molecule has 1 atom stereocenters. The van der Waals surface area contributed by atoms with Gasteiger partial charge in [-0.3, -0.25) is 0 Å². The number of benzene rings is 2. The second-order valence-corrected chi connectivity index (χ2v) is 6.15. The Morgan fingerprint density at radius 3 is 2.68 bits per heavy atom. The molecule has 0 aliphatic carbocycles. The highest BCUT2D eigenvalue weighted by Crippen LogP contribution is 2.32. The maximum Gasteiger partial charge on any atom is 0.226 e. The number of nitrogens with zero attached hydrogens (tertiary/aromatic N) is 1. The van der Waals surface area contributed by atoms with Gasteiger partial charge in [0.05, 0.1) is 13.2 Å². The van der Waals surface area contributed by atoms with E-state index in [0.717, 1.165) is 11.3 Å². The van der Waals surface area contributed by atoms with Crippen LogP contribution in [0.1, 0.15) is 23.1 Å². The van der Waals surface area contributed by atoms with E-state index in [1.807, 2.05) is 37.3 Å². The Bertz CT molecular complexity index is 960. The summed E-state index contributed by atoms with van der Waals surface area (Å²) >= 11 is 0. The molecule has 0 amide bonds. The Morgan fingerprint density at radius 1 is 1.18 bits per heavy atom. The average molecular weight is 377 g/mol. The number of aromatic nitrogens is 1. The molecule has 3 aromatic rings. The van der Waals surface area contributed by atoms with E-state index in [1.54, 1.807) is 43.5 Å². The molecule has 0 spiro atoms. The fraction of sp³-hybridized carbons (Fsp3) is 0.174. The van der Waals surface area contributed by atoms with Crippen molar-refractivity contribution >= 4 is 0 Å². The summed E-state index contributed by atoms with van der Waals surface area (Å²) < 4.78 is 17.1. The predicted octanol–water partition coefficient (Wildman–Crippen LogP) is 5.01. The lowest BCUT2D eigenvalue weighted by molar-refractivity contribution is 0.227. The number of allylic oxidation sites excluding steroid dienone is 2. The van der Waals surface area contributed by atoms with E-state index in [0.29, 0.717) is 28.7 Å². The lowest BCUT2D eigenvalue weighted by Gasteiger charge is -2.13. The van der Waals surface area contributed by atoms with Crippen LogP contribution in [0.25, 0.3) is 11.5 Å². The Kier molecular flexibility index (Phi) is 6.29. The molecule has 3 rings (SSSR count). The zero-order chi connectivity index (χ0) is 19.9. The van der Waals surface area contributed by atoms with Gasteiger partial charge in [0.1, 0.15) is 18.1 Å². The van der Waals surface area contributed by atoms with Crippen LogP contribution in [0.5, 0.6) is 11.5 Å². The summed E-state index contributed by atoms with van der Waals surface area (Å²) in [5, 5.41) is 10.2. The first-order valence-corrected chi connectivity index (χ1v) is 8.92. The number of aryl methyl sites for hydroxylation is 1. The van der Waals surface area contributed by atoms with Crippen LogP contribution in [-0.2, 0) is 6.61 Å². The molecule has 0 saturated carbocycles. The standard InChI is InChI=1S/C23H23NO4/c1-4-5-11-20(25)18-12-13-21(22(14-18)26-3)27-15-19-16(2)28-23(24-19)17-9-7-6-8-10-17/h4-14,20,25H,1,15H2,2-3H3/b11-5+. The Balaban J connectivity index is 1.75. The minimum atomic E-state index is -0.743. The van der Waals surface area contributed by atoms with Gasteiger partial charge in [-0.2, -0.15) is 0 Å². The van der Waals surface area contributed by atoms with Crippen LogP contribution in [0.3, 0.4) is 0 Å². The van der Waals surface area contributed by atoms with Crippen molar-refractivity contribution in [1.82, 2.24) is 4.98 Å². The second kappa shape index (κ2) is 9.06. The van der Waals surface area contributed by atoms with Crippen LogP contribution in [0.2, 0.25) is 0 Å². The lowest BCUT2D eigenvalue weighted by Crippen LogP contribution is -2.01. The lowest BCUT2D eigenvalue weighted by atomic mass is 10.1. The maximum absolute atomic E-state index is 10.2. The molecule has 0 aliphatic rings. The molecule has 1 N–H and O–H groups in total. The number of aliphatic hydroxyl groups excluding tert-OH is 1. The number of methoxy groups -OCH3 is 1. The molecule has 144 valence electrons. The Hall–Kier alpha value is -3.31. The molecular formula is C23H23NO4. The van der Waals surface area contributed by atoms with Gasteiger partial charge in [0.15, 0.2) is 11.5 Å². The summed E-state index contributed by atoms with van der Waals surface area (Å²) in [6, 6.07) is 15.0. The number of hydrogen-bond donors (Lipinski definition) is 1. The number of oxazole rings is 1. The summed E-state index contributed by atoms with van der Waals surface area (Å²) in [4.78, 5) is 4.54. The first-order chi connectivity index (χ1) is 13.6. The fourth-order valence-electron chi connectivity index (χ4n) is 2.69. The van der Waals surface area contributed by atoms with E-state index in [2.05, 4.69) is 11.6 Å². The van der Waals surface area contributed by atoms with Crippen molar-refractivity contribution in [2.24, 2.45) is 0 Å². The third kappa shape index (κ3) is 4.50. The van der Waals surface area contributed by atoms with Gasteiger partial charge < -0.3 is 19.0 Å². The number of hydrogen-bond acceptors (Lipinski definition) is 5. The third-order valence-electron chi connectivity index (χ3n) is 4.24. The molecule has 0 saturated heterocycles. The number of rotatable bonds is 8. The van der Waals surface area contributed by atoms with Crippen LogP contribution in [0.4, 0.5) is 0 Å². The molecule has 1 heterocycles. The largest absolute Gasteiger partial charge is 0.493 e. The highest BCUT2D eigenvalue weighted by molar-refractivity contribution is 5.53. The topological polar surface area (TPSA) is 64.7 Å². The summed E-state index contributed by atoms with van der Waals surface area (Å²) in [7, 11) is 1.56. The molecule has 1 aromatic heterocycles. The first kappa shape index (κ1) is 19.5. The maximum atomic E-state index is 10.2. The van der Waals surface area contributed by atoms with Gasteiger partial charge in [0.25, 0.3) is 0 Å². The molecule has 2 aromatic carbocycles. The van der Waals surface area contributed by atoms with Crippen molar-refractivity contribution in [3.63, 3.8) is 0 Å². The van der Waals surface area contributed by atoms with Crippen LogP contribution >= 0.6 is 0 Å². The average Bonchev–Trinajstić information content (AvgIpc) is 3.11. The van der Waals surface area contributed by atoms with Crippen molar-refractivity contribution in [2.75, 3.05) is 7.11 Å². The van der Waals surface area contributed by atoms with Gasteiger partial charge in [0, 0.05) is 5.56 Å². The minimum absolute atomic E-state index is 0.247. The van der Waals surface area contributed by atoms with Gasteiger partial charge in [-0.25, -0.2) is 4.98 Å². The van der Waals surface area contributed by atoms with Crippen molar-refractivity contribution < 1.29 is 19.0 Å². The Labute approximate surface area is 164 Å². The summed E-state index contributed by atoms with van der Waals surface area (Å²) in [5.74, 6) is 2.37. The second-order valence-electron chi connectivity index (χ2n) is 6.15. The van der Waals surface area contributed by atoms with Crippen molar-refractivity contribution in [2.45, 2.75) is 19.6 Å². The summed E-state index contributed by atoms with van der Waals surface area (Å²) in [5.41, 5.74) is 2.34. The van der Waals surface area contributed by atoms with Gasteiger partial charge in [0.2, 0.25) is 5.89 Å². The van der Waals surface area contributed by atoms with E-state index in [9.17, 15) is 5.11 Å². The summed E-state index contributed by atoms with van der Waals surface area (Å²) in [6.07, 6.45) is 4.21. The molecule has 28 heavy (non-hydrogen) atoms. The molecule has 1 unspecified atom stereocenters. The minimum Gasteiger partial charge on any atom is -0.493 e. The molecule has 5 nitrogen and oxygen atoms in total. The zero-order valence-corrected chi connectivity index (χ0v) is 16.0.